The van der Waals surface area contributed by atoms with E-state index in [1.54, 1.807) is 20.9 Å². The van der Waals surface area contributed by atoms with Crippen LogP contribution in [0.3, 0.4) is 0 Å². The van der Waals surface area contributed by atoms with Gasteiger partial charge in [0.25, 0.3) is 0 Å². The highest BCUT2D eigenvalue weighted by Crippen LogP contribution is 2.38. The van der Waals surface area contributed by atoms with Gasteiger partial charge in [-0.1, -0.05) is 18.2 Å². The molecule has 1 aromatic carbocycles. The second-order valence-corrected chi connectivity index (χ2v) is 7.41. The molecule has 1 aromatic heterocycles. The first-order valence-electron chi connectivity index (χ1n) is 7.14. The van der Waals surface area contributed by atoms with E-state index in [9.17, 15) is 8.42 Å². The number of nitrogens with one attached hydrogen (secondary N) is 1. The summed E-state index contributed by atoms with van der Waals surface area (Å²) in [5.41, 5.74) is 1.95. The topological polar surface area (TPSA) is 75.3 Å². The molecule has 0 aliphatic carbocycles. The maximum atomic E-state index is 13.0. The summed E-state index contributed by atoms with van der Waals surface area (Å²) < 4.78 is 33.0. The van der Waals surface area contributed by atoms with E-state index in [2.05, 4.69) is 10.2 Å². The second kappa shape index (κ2) is 5.40. The lowest BCUT2D eigenvalue weighted by Crippen LogP contribution is -2.34. The monoisotopic (exact) mass is 321 g/mol. The highest BCUT2D eigenvalue weighted by molar-refractivity contribution is 7.89. The smallest absolute Gasteiger partial charge is 0.247 e. The zero-order chi connectivity index (χ0) is 15.9. The van der Waals surface area contributed by atoms with Crippen molar-refractivity contribution < 1.29 is 13.2 Å². The Morgan fingerprint density at radius 2 is 2.05 bits per heavy atom. The molecule has 0 saturated carbocycles. The van der Waals surface area contributed by atoms with Crippen LogP contribution in [0.1, 0.15) is 29.4 Å². The standard InChI is InChI=1S/C15H19N3O3S/c1-10-15(11(2)17-16-10)22(19,20)18(3)13-8-9-21-14-7-5-4-6-12(13)14/h4-7,13H,8-9H2,1-3H3,(H,16,17). The molecule has 3 rings (SSSR count). The van der Waals surface area contributed by atoms with Crippen LogP contribution in [0, 0.1) is 13.8 Å². The molecule has 7 heteroatoms. The van der Waals surface area contributed by atoms with Gasteiger partial charge >= 0.3 is 0 Å². The number of aryl methyl sites for hydroxylation is 2. The van der Waals surface area contributed by atoms with Crippen LogP contribution in [0.25, 0.3) is 0 Å². The molecule has 0 radical (unpaired) electrons. The van der Waals surface area contributed by atoms with Crippen LogP contribution in [0.5, 0.6) is 5.75 Å². The quantitative estimate of drug-likeness (QED) is 0.940. The first-order valence-corrected chi connectivity index (χ1v) is 8.58. The fourth-order valence-corrected chi connectivity index (χ4v) is 4.63. The Kier molecular flexibility index (Phi) is 3.70. The summed E-state index contributed by atoms with van der Waals surface area (Å²) in [6.07, 6.45) is 0.628. The zero-order valence-corrected chi connectivity index (χ0v) is 13.6. The lowest BCUT2D eigenvalue weighted by Gasteiger charge is -2.32. The second-order valence-electron chi connectivity index (χ2n) is 5.48. The molecule has 2 aromatic rings. The summed E-state index contributed by atoms with van der Waals surface area (Å²) in [5, 5.41) is 6.74. The summed E-state index contributed by atoms with van der Waals surface area (Å²) in [4.78, 5) is 0.263. The molecule has 0 spiro atoms. The minimum absolute atomic E-state index is 0.233. The Hall–Kier alpha value is -1.86. The molecule has 2 heterocycles. The Balaban J connectivity index is 2.03. The number of aromatic amines is 1. The van der Waals surface area contributed by atoms with Crippen molar-refractivity contribution >= 4 is 10.0 Å². The molecule has 1 aliphatic rings. The fraction of sp³-hybridized carbons (Fsp3) is 0.400. The Labute approximate surface area is 130 Å². The number of nitrogens with zero attached hydrogens (tertiary/aromatic N) is 2. The van der Waals surface area contributed by atoms with E-state index < -0.39 is 10.0 Å². The molecule has 1 unspecified atom stereocenters. The van der Waals surface area contributed by atoms with Crippen LogP contribution >= 0.6 is 0 Å². The molecule has 6 nitrogen and oxygen atoms in total. The van der Waals surface area contributed by atoms with Crippen molar-refractivity contribution in [3.05, 3.63) is 41.2 Å². The van der Waals surface area contributed by atoms with Gasteiger partial charge in [0.1, 0.15) is 10.6 Å². The number of benzene rings is 1. The number of H-pyrrole nitrogens is 1. The molecule has 22 heavy (non-hydrogen) atoms. The fourth-order valence-electron chi connectivity index (χ4n) is 2.93. The molecule has 1 aliphatic heterocycles. The van der Waals surface area contributed by atoms with E-state index in [0.29, 0.717) is 24.4 Å². The minimum Gasteiger partial charge on any atom is -0.493 e. The van der Waals surface area contributed by atoms with Crippen molar-refractivity contribution in [1.82, 2.24) is 14.5 Å². The zero-order valence-electron chi connectivity index (χ0n) is 12.8. The normalized spacial score (nSPS) is 18.1. The maximum Gasteiger partial charge on any atom is 0.247 e. The van der Waals surface area contributed by atoms with E-state index in [1.165, 1.54) is 4.31 Å². The maximum absolute atomic E-state index is 13.0. The van der Waals surface area contributed by atoms with Gasteiger partial charge in [-0.2, -0.15) is 9.40 Å². The van der Waals surface area contributed by atoms with Crippen LogP contribution in [-0.4, -0.2) is 36.6 Å². The van der Waals surface area contributed by atoms with Crippen LogP contribution in [0.4, 0.5) is 0 Å². The number of hydrogen-bond donors (Lipinski definition) is 1. The van der Waals surface area contributed by atoms with Gasteiger partial charge in [0, 0.05) is 19.0 Å². The van der Waals surface area contributed by atoms with Crippen molar-refractivity contribution in [2.45, 2.75) is 31.2 Å². The number of rotatable bonds is 3. The van der Waals surface area contributed by atoms with Crippen molar-refractivity contribution in [3.63, 3.8) is 0 Å². The number of sulfonamides is 1. The number of para-hydroxylation sites is 1. The summed E-state index contributed by atoms with van der Waals surface area (Å²) in [7, 11) is -2.00. The van der Waals surface area contributed by atoms with Crippen molar-refractivity contribution in [2.24, 2.45) is 0 Å². The molecule has 0 bridgehead atoms. The van der Waals surface area contributed by atoms with Gasteiger partial charge in [0.05, 0.1) is 24.0 Å². The number of aromatic nitrogens is 2. The molecule has 118 valence electrons. The van der Waals surface area contributed by atoms with E-state index in [1.807, 2.05) is 24.3 Å². The molecular formula is C15H19N3O3S. The summed E-state index contributed by atoms with van der Waals surface area (Å²) >= 11 is 0. The third kappa shape index (κ3) is 2.30. The Bertz CT molecular complexity index is 779. The molecule has 0 saturated heterocycles. The van der Waals surface area contributed by atoms with Crippen molar-refractivity contribution in [3.8, 4) is 5.75 Å². The Morgan fingerprint density at radius 3 is 2.73 bits per heavy atom. The van der Waals surface area contributed by atoms with E-state index in [4.69, 9.17) is 4.74 Å². The van der Waals surface area contributed by atoms with Gasteiger partial charge in [0.2, 0.25) is 10.0 Å². The number of ether oxygens (including phenoxy) is 1. The van der Waals surface area contributed by atoms with E-state index in [-0.39, 0.29) is 10.9 Å². The predicted octanol–water partition coefficient (Wildman–Crippen LogP) is 2.17. The highest BCUT2D eigenvalue weighted by Gasteiger charge is 2.35. The first-order chi connectivity index (χ1) is 10.4. The van der Waals surface area contributed by atoms with Crippen molar-refractivity contribution in [1.29, 1.82) is 0 Å². The SMILES string of the molecule is Cc1n[nH]c(C)c1S(=O)(=O)N(C)C1CCOc2ccccc21. The number of hydrogen-bond acceptors (Lipinski definition) is 4. The number of fused-ring (bicyclic) bond motifs is 1. The highest BCUT2D eigenvalue weighted by atomic mass is 32.2. The molecule has 1 N–H and O–H groups in total. The third-order valence-corrected chi connectivity index (χ3v) is 6.19. The molecule has 0 amide bonds. The summed E-state index contributed by atoms with van der Waals surface area (Å²) in [6.45, 7) is 3.92. The minimum atomic E-state index is -3.62. The lowest BCUT2D eigenvalue weighted by atomic mass is 10.0. The largest absolute Gasteiger partial charge is 0.493 e. The summed E-state index contributed by atoms with van der Waals surface area (Å²) in [5.74, 6) is 0.751. The van der Waals surface area contributed by atoms with Crippen LogP contribution in [0.2, 0.25) is 0 Å². The van der Waals surface area contributed by atoms with Crippen LogP contribution in [-0.2, 0) is 10.0 Å². The first kappa shape index (κ1) is 15.1. The molecule has 1 atom stereocenters. The lowest BCUT2D eigenvalue weighted by molar-refractivity contribution is 0.221. The third-order valence-electron chi connectivity index (χ3n) is 4.06. The molecular weight excluding hydrogens is 302 g/mol. The van der Waals surface area contributed by atoms with Gasteiger partial charge in [-0.3, -0.25) is 5.10 Å². The predicted molar refractivity (Wildman–Crippen MR) is 82.3 cm³/mol. The van der Waals surface area contributed by atoms with E-state index in [0.717, 1.165) is 11.3 Å². The van der Waals surface area contributed by atoms with Gasteiger partial charge in [-0.05, 0) is 19.9 Å². The average molecular weight is 321 g/mol. The van der Waals surface area contributed by atoms with Gasteiger partial charge in [0.15, 0.2) is 0 Å². The van der Waals surface area contributed by atoms with E-state index >= 15 is 0 Å². The van der Waals surface area contributed by atoms with Gasteiger partial charge in [-0.25, -0.2) is 8.42 Å². The van der Waals surface area contributed by atoms with Crippen molar-refractivity contribution in [2.75, 3.05) is 13.7 Å². The van der Waals surface area contributed by atoms with Gasteiger partial charge in [-0.15, -0.1) is 0 Å². The van der Waals surface area contributed by atoms with Crippen LogP contribution < -0.4 is 4.74 Å². The average Bonchev–Trinajstić information content (AvgIpc) is 2.85. The summed E-state index contributed by atoms with van der Waals surface area (Å²) in [6, 6.07) is 7.34. The van der Waals surface area contributed by atoms with Gasteiger partial charge < -0.3 is 4.74 Å². The Morgan fingerprint density at radius 1 is 1.32 bits per heavy atom. The molecule has 0 fully saturated rings. The van der Waals surface area contributed by atoms with Crippen LogP contribution in [0.15, 0.2) is 29.2 Å².